The van der Waals surface area contributed by atoms with Crippen LogP contribution in [-0.4, -0.2) is 41.7 Å². The predicted octanol–water partition coefficient (Wildman–Crippen LogP) is 2.52. The summed E-state index contributed by atoms with van der Waals surface area (Å²) in [5, 5.41) is 16.2. The highest BCUT2D eigenvalue weighted by atomic mass is 32.2. The Labute approximate surface area is 154 Å². The van der Waals surface area contributed by atoms with Crippen LogP contribution in [0.25, 0.3) is 0 Å². The second kappa shape index (κ2) is 7.91. The molecule has 10 heteroatoms. The smallest absolute Gasteiger partial charge is 0.361 e. The summed E-state index contributed by atoms with van der Waals surface area (Å²) in [6, 6.07) is 8.90. The van der Waals surface area contributed by atoms with Crippen LogP contribution >= 0.6 is 11.8 Å². The Morgan fingerprint density at radius 3 is 2.50 bits per heavy atom. The van der Waals surface area contributed by atoms with Crippen molar-refractivity contribution in [1.29, 1.82) is 0 Å². The molecular weight excluding hydrogens is 354 g/mol. The number of hydrogen-bond acceptors (Lipinski definition) is 8. The SMILES string of the molecule is Cc1cc(C)nc(SC(C)C(=O)Nc2ccc(Oc3nn[nH]n3)cc2)n1. The average molecular weight is 371 g/mol. The van der Waals surface area contributed by atoms with Crippen molar-refractivity contribution in [2.24, 2.45) is 0 Å². The topological polar surface area (TPSA) is 119 Å². The summed E-state index contributed by atoms with van der Waals surface area (Å²) in [7, 11) is 0. The predicted molar refractivity (Wildman–Crippen MR) is 96.1 cm³/mol. The van der Waals surface area contributed by atoms with E-state index < -0.39 is 0 Å². The summed E-state index contributed by atoms with van der Waals surface area (Å²) in [5.41, 5.74) is 2.42. The van der Waals surface area contributed by atoms with Gasteiger partial charge in [0.25, 0.3) is 0 Å². The van der Waals surface area contributed by atoms with E-state index in [-0.39, 0.29) is 17.2 Å². The number of ether oxygens (including phenoxy) is 1. The van der Waals surface area contributed by atoms with Gasteiger partial charge in [-0.3, -0.25) is 4.79 Å². The number of anilines is 1. The van der Waals surface area contributed by atoms with E-state index in [1.54, 1.807) is 24.3 Å². The van der Waals surface area contributed by atoms with Gasteiger partial charge in [-0.2, -0.15) is 5.21 Å². The summed E-state index contributed by atoms with van der Waals surface area (Å²) in [6.45, 7) is 5.62. The first-order valence-electron chi connectivity index (χ1n) is 7.81. The van der Waals surface area contributed by atoms with Crippen LogP contribution in [0.15, 0.2) is 35.5 Å². The van der Waals surface area contributed by atoms with Crippen LogP contribution in [0.5, 0.6) is 11.8 Å². The molecule has 0 bridgehead atoms. The van der Waals surface area contributed by atoms with Crippen molar-refractivity contribution in [3.05, 3.63) is 41.7 Å². The molecule has 1 aromatic carbocycles. The lowest BCUT2D eigenvalue weighted by Crippen LogP contribution is -2.22. The maximum Gasteiger partial charge on any atom is 0.361 e. The van der Waals surface area contributed by atoms with Crippen LogP contribution < -0.4 is 10.1 Å². The van der Waals surface area contributed by atoms with Gasteiger partial charge in [-0.15, -0.1) is 0 Å². The molecule has 3 rings (SSSR count). The molecule has 0 spiro atoms. The summed E-state index contributed by atoms with van der Waals surface area (Å²) in [5.74, 6) is 0.403. The Morgan fingerprint density at radius 2 is 1.88 bits per heavy atom. The molecule has 9 nitrogen and oxygen atoms in total. The third kappa shape index (κ3) is 4.76. The maximum absolute atomic E-state index is 12.4. The van der Waals surface area contributed by atoms with E-state index in [1.165, 1.54) is 11.8 Å². The molecule has 2 N–H and O–H groups in total. The average Bonchev–Trinajstić information content (AvgIpc) is 3.08. The number of thioether (sulfide) groups is 1. The Balaban J connectivity index is 1.58. The number of H-pyrrole nitrogens is 1. The molecule has 0 saturated heterocycles. The molecule has 1 unspecified atom stereocenters. The van der Waals surface area contributed by atoms with Gasteiger partial charge in [0.15, 0.2) is 5.16 Å². The molecule has 0 radical (unpaired) electrons. The van der Waals surface area contributed by atoms with Crippen molar-refractivity contribution in [1.82, 2.24) is 30.6 Å². The van der Waals surface area contributed by atoms with Crippen LogP contribution in [0.4, 0.5) is 5.69 Å². The van der Waals surface area contributed by atoms with Crippen molar-refractivity contribution >= 4 is 23.4 Å². The van der Waals surface area contributed by atoms with Crippen molar-refractivity contribution < 1.29 is 9.53 Å². The summed E-state index contributed by atoms with van der Waals surface area (Å²) in [4.78, 5) is 21.1. The van der Waals surface area contributed by atoms with Gasteiger partial charge in [0.05, 0.1) is 5.25 Å². The number of hydrogen-bond donors (Lipinski definition) is 2. The molecule has 1 amide bonds. The minimum absolute atomic E-state index is 0.125. The van der Waals surface area contributed by atoms with E-state index in [0.29, 0.717) is 16.6 Å². The zero-order valence-corrected chi connectivity index (χ0v) is 15.2. The van der Waals surface area contributed by atoms with Crippen molar-refractivity contribution in [3.8, 4) is 11.8 Å². The lowest BCUT2D eigenvalue weighted by Gasteiger charge is -2.12. The number of rotatable bonds is 6. The normalized spacial score (nSPS) is 11.8. The first-order chi connectivity index (χ1) is 12.5. The zero-order chi connectivity index (χ0) is 18.5. The van der Waals surface area contributed by atoms with E-state index in [2.05, 4.69) is 35.9 Å². The van der Waals surface area contributed by atoms with E-state index in [4.69, 9.17) is 4.74 Å². The first-order valence-corrected chi connectivity index (χ1v) is 8.69. The monoisotopic (exact) mass is 371 g/mol. The third-order valence-corrected chi connectivity index (χ3v) is 4.23. The van der Waals surface area contributed by atoms with Crippen LogP contribution in [0.1, 0.15) is 18.3 Å². The van der Waals surface area contributed by atoms with E-state index in [0.717, 1.165) is 11.4 Å². The van der Waals surface area contributed by atoms with Crippen LogP contribution in [0, 0.1) is 13.8 Å². The van der Waals surface area contributed by atoms with Gasteiger partial charge in [0, 0.05) is 17.1 Å². The summed E-state index contributed by atoms with van der Waals surface area (Å²) >= 11 is 1.32. The highest BCUT2D eigenvalue weighted by Gasteiger charge is 2.16. The van der Waals surface area contributed by atoms with E-state index in [9.17, 15) is 4.79 Å². The fourth-order valence-electron chi connectivity index (χ4n) is 2.11. The van der Waals surface area contributed by atoms with Gasteiger partial charge in [-0.1, -0.05) is 22.0 Å². The number of nitrogens with one attached hydrogen (secondary N) is 2. The second-order valence-corrected chi connectivity index (χ2v) is 6.81. The maximum atomic E-state index is 12.4. The van der Waals surface area contributed by atoms with Crippen LogP contribution in [0.3, 0.4) is 0 Å². The molecule has 3 aromatic rings. The minimum Gasteiger partial charge on any atom is -0.422 e. The van der Waals surface area contributed by atoms with Crippen LogP contribution in [0.2, 0.25) is 0 Å². The van der Waals surface area contributed by atoms with Gasteiger partial charge in [0.1, 0.15) is 5.75 Å². The third-order valence-electron chi connectivity index (χ3n) is 3.27. The van der Waals surface area contributed by atoms with Gasteiger partial charge >= 0.3 is 6.01 Å². The van der Waals surface area contributed by atoms with Crippen LogP contribution in [-0.2, 0) is 4.79 Å². The second-order valence-electron chi connectivity index (χ2n) is 5.50. The number of aromatic nitrogens is 6. The van der Waals surface area contributed by atoms with Gasteiger partial charge in [-0.25, -0.2) is 9.97 Å². The molecule has 134 valence electrons. The number of carbonyl (C=O) groups is 1. The van der Waals surface area contributed by atoms with Gasteiger partial charge < -0.3 is 10.1 Å². The number of tetrazole rings is 1. The van der Waals surface area contributed by atoms with E-state index >= 15 is 0 Å². The largest absolute Gasteiger partial charge is 0.422 e. The standard InChI is InChI=1S/C16H17N7O2S/c1-9-8-10(2)18-16(17-9)26-11(3)14(24)19-12-4-6-13(7-5-12)25-15-20-22-23-21-15/h4-8,11H,1-3H3,(H,19,24)(H,20,21,22,23). The Bertz CT molecular complexity index is 864. The number of nitrogens with zero attached hydrogens (tertiary/aromatic N) is 5. The van der Waals surface area contributed by atoms with Crippen molar-refractivity contribution in [2.75, 3.05) is 5.32 Å². The highest BCUT2D eigenvalue weighted by molar-refractivity contribution is 8.00. The molecule has 0 aliphatic rings. The Hall–Kier alpha value is -3.01. The molecule has 26 heavy (non-hydrogen) atoms. The van der Waals surface area contributed by atoms with Gasteiger partial charge in [-0.05, 0) is 56.3 Å². The number of amides is 1. The Kier molecular flexibility index (Phi) is 5.42. The molecule has 0 fully saturated rings. The molecule has 2 aromatic heterocycles. The quantitative estimate of drug-likeness (QED) is 0.501. The molecule has 2 heterocycles. The lowest BCUT2D eigenvalue weighted by atomic mass is 10.3. The number of carbonyl (C=O) groups excluding carboxylic acids is 1. The van der Waals surface area contributed by atoms with Crippen molar-refractivity contribution in [3.63, 3.8) is 0 Å². The summed E-state index contributed by atoms with van der Waals surface area (Å²) < 4.78 is 5.38. The molecule has 1 atom stereocenters. The number of benzene rings is 1. The van der Waals surface area contributed by atoms with Crippen molar-refractivity contribution in [2.45, 2.75) is 31.2 Å². The zero-order valence-electron chi connectivity index (χ0n) is 14.4. The first kappa shape index (κ1) is 17.8. The van der Waals surface area contributed by atoms with E-state index in [1.807, 2.05) is 26.8 Å². The fraction of sp³-hybridized carbons (Fsp3) is 0.250. The molecule has 0 aliphatic carbocycles. The lowest BCUT2D eigenvalue weighted by molar-refractivity contribution is -0.115. The van der Waals surface area contributed by atoms with Gasteiger partial charge in [0.2, 0.25) is 5.91 Å². The number of aromatic amines is 1. The molecular formula is C16H17N7O2S. The summed E-state index contributed by atoms with van der Waals surface area (Å²) in [6.07, 6.45) is 0. The molecule has 0 aliphatic heterocycles. The highest BCUT2D eigenvalue weighted by Crippen LogP contribution is 2.23. The fourth-order valence-corrected chi connectivity index (χ4v) is 2.98. The minimum atomic E-state index is -0.341. The number of aryl methyl sites for hydroxylation is 2. The Morgan fingerprint density at radius 1 is 1.19 bits per heavy atom. The molecule has 0 saturated carbocycles.